The largest absolute Gasteiger partial charge is 0.494 e. The van der Waals surface area contributed by atoms with Crippen molar-refractivity contribution in [3.8, 4) is 17.3 Å². The average Bonchev–Trinajstić information content (AvgIpc) is 3.73. The second-order valence-electron chi connectivity index (χ2n) is 12.5. The topological polar surface area (TPSA) is 141 Å². The maximum atomic E-state index is 14.5. The van der Waals surface area contributed by atoms with Gasteiger partial charge in [0.05, 0.1) is 36.1 Å². The number of aryl methyl sites for hydroxylation is 3. The Hall–Kier alpha value is -4.78. The van der Waals surface area contributed by atoms with Crippen molar-refractivity contribution >= 4 is 33.9 Å². The molecule has 246 valence electrons. The van der Waals surface area contributed by atoms with Gasteiger partial charge in [0.25, 0.3) is 11.8 Å². The van der Waals surface area contributed by atoms with Gasteiger partial charge in [0.15, 0.2) is 11.5 Å². The standard InChI is InChI=1S/C34H39FN8O4/c1-18-24-10-9-20-15-27(43(31(20)38-24)13-7-5-6-8-22-19(2)47-41-29(22)34(45)37-18)32-39-25-14-21(16-28(46-4)30(25)42(32)3)33(44)40-26-17-36-12-11-23(26)35/h9-10,14-16,18,23,26,36H,5-8,11-13,17H2,1-4H3,(H,37,45)(H,40,44)/t18-,23+,26+/m1/s1. The molecule has 6 heterocycles. The molecule has 1 aromatic carbocycles. The molecule has 1 saturated heterocycles. The lowest BCUT2D eigenvalue weighted by Crippen LogP contribution is -2.52. The van der Waals surface area contributed by atoms with Crippen LogP contribution in [0.5, 0.6) is 5.75 Å². The van der Waals surface area contributed by atoms with Crippen LogP contribution in [0.4, 0.5) is 4.39 Å². The lowest BCUT2D eigenvalue weighted by atomic mass is 10.0. The Labute approximate surface area is 271 Å². The monoisotopic (exact) mass is 642 g/mol. The van der Waals surface area contributed by atoms with Gasteiger partial charge in [-0.15, -0.1) is 0 Å². The third-order valence-electron chi connectivity index (χ3n) is 9.42. The van der Waals surface area contributed by atoms with E-state index in [1.54, 1.807) is 19.2 Å². The number of carbonyl (C=O) groups excluding carboxylic acids is 2. The summed E-state index contributed by atoms with van der Waals surface area (Å²) >= 11 is 0. The molecule has 47 heavy (non-hydrogen) atoms. The fourth-order valence-electron chi connectivity index (χ4n) is 6.79. The van der Waals surface area contributed by atoms with Crippen molar-refractivity contribution in [2.24, 2.45) is 7.05 Å². The minimum Gasteiger partial charge on any atom is -0.494 e. The zero-order valence-electron chi connectivity index (χ0n) is 27.0. The van der Waals surface area contributed by atoms with E-state index in [2.05, 4.69) is 31.7 Å². The Balaban J connectivity index is 1.27. The second kappa shape index (κ2) is 12.4. The van der Waals surface area contributed by atoms with Gasteiger partial charge >= 0.3 is 0 Å². The van der Waals surface area contributed by atoms with Crippen LogP contribution in [0.25, 0.3) is 33.6 Å². The van der Waals surface area contributed by atoms with Crippen LogP contribution in [0.1, 0.15) is 76.5 Å². The van der Waals surface area contributed by atoms with E-state index in [0.29, 0.717) is 66.6 Å². The fourth-order valence-corrected chi connectivity index (χ4v) is 6.79. The molecular formula is C34H39FN8O4. The van der Waals surface area contributed by atoms with Crippen LogP contribution in [-0.2, 0) is 20.0 Å². The number of carbonyl (C=O) groups is 2. The van der Waals surface area contributed by atoms with E-state index in [9.17, 15) is 14.0 Å². The van der Waals surface area contributed by atoms with Crippen LogP contribution in [0.2, 0.25) is 0 Å². The van der Waals surface area contributed by atoms with Crippen molar-refractivity contribution in [2.75, 3.05) is 20.2 Å². The van der Waals surface area contributed by atoms with E-state index >= 15 is 0 Å². The first kappa shape index (κ1) is 30.9. The van der Waals surface area contributed by atoms with E-state index < -0.39 is 12.2 Å². The number of aromatic nitrogens is 5. The highest BCUT2D eigenvalue weighted by molar-refractivity contribution is 6.00. The molecule has 4 aromatic heterocycles. The number of rotatable bonds is 4. The number of methoxy groups -OCH3 is 1. The van der Waals surface area contributed by atoms with Gasteiger partial charge in [-0.25, -0.2) is 14.4 Å². The van der Waals surface area contributed by atoms with Gasteiger partial charge < -0.3 is 34.3 Å². The lowest BCUT2D eigenvalue weighted by molar-refractivity contribution is 0.0891. The smallest absolute Gasteiger partial charge is 0.274 e. The first-order valence-corrected chi connectivity index (χ1v) is 16.2. The highest BCUT2D eigenvalue weighted by Gasteiger charge is 2.28. The number of ether oxygens (including phenoxy) is 1. The summed E-state index contributed by atoms with van der Waals surface area (Å²) in [5.41, 5.74) is 5.28. The molecule has 2 amide bonds. The maximum absolute atomic E-state index is 14.5. The third kappa shape index (κ3) is 5.62. The van der Waals surface area contributed by atoms with Gasteiger partial charge in [0.1, 0.15) is 28.8 Å². The SMILES string of the molecule is COc1cc(C(=O)N[C@H]2CNCC[C@@H]2F)cc2nc(-c3cc4ccc5nc4n3CCCCCc3c(noc3C)C(=O)N[C@@H]5C)n(C)c12. The minimum atomic E-state index is -1.10. The van der Waals surface area contributed by atoms with Crippen molar-refractivity contribution < 1.29 is 23.2 Å². The van der Waals surface area contributed by atoms with Crippen LogP contribution in [0.3, 0.4) is 0 Å². The number of alkyl halides is 1. The molecule has 12 nitrogen and oxygen atoms in total. The highest BCUT2D eigenvalue weighted by atomic mass is 19.1. The molecule has 3 N–H and O–H groups in total. The van der Waals surface area contributed by atoms with E-state index in [4.69, 9.17) is 19.2 Å². The summed E-state index contributed by atoms with van der Waals surface area (Å²) in [4.78, 5) is 36.5. The van der Waals surface area contributed by atoms with Crippen molar-refractivity contribution in [1.29, 1.82) is 0 Å². The molecule has 0 aliphatic carbocycles. The summed E-state index contributed by atoms with van der Waals surface area (Å²) in [5.74, 6) is 1.21. The Kier molecular flexibility index (Phi) is 8.16. The van der Waals surface area contributed by atoms with Gasteiger partial charge in [0.2, 0.25) is 0 Å². The van der Waals surface area contributed by atoms with E-state index in [0.717, 1.165) is 52.8 Å². The molecule has 0 saturated carbocycles. The Morgan fingerprint density at radius 2 is 2.02 bits per heavy atom. The number of amides is 2. The number of hydrogen-bond donors (Lipinski definition) is 3. The van der Waals surface area contributed by atoms with Crippen molar-refractivity contribution in [3.05, 3.63) is 58.6 Å². The molecule has 2 aliphatic heterocycles. The number of halogens is 1. The molecule has 7 rings (SSSR count). The highest BCUT2D eigenvalue weighted by Crippen LogP contribution is 2.35. The third-order valence-corrected chi connectivity index (χ3v) is 9.42. The second-order valence-corrected chi connectivity index (χ2v) is 12.5. The van der Waals surface area contributed by atoms with Gasteiger partial charge in [0, 0.05) is 36.7 Å². The molecule has 3 atom stereocenters. The number of piperidine rings is 1. The molecule has 0 radical (unpaired) electrons. The van der Waals surface area contributed by atoms with E-state index in [-0.39, 0.29) is 17.9 Å². The predicted octanol–water partition coefficient (Wildman–Crippen LogP) is 4.54. The number of pyridine rings is 1. The number of fused-ring (bicyclic) bond motifs is 3. The number of nitrogens with zero attached hydrogens (tertiary/aromatic N) is 5. The molecule has 1 fully saturated rings. The lowest BCUT2D eigenvalue weighted by Gasteiger charge is -2.27. The molecule has 0 unspecified atom stereocenters. The van der Waals surface area contributed by atoms with Gasteiger partial charge in [-0.3, -0.25) is 9.59 Å². The fraction of sp³-hybridized carbons (Fsp3) is 0.441. The molecule has 2 aliphatic rings. The Bertz CT molecular complexity index is 1990. The predicted molar refractivity (Wildman–Crippen MR) is 174 cm³/mol. The van der Waals surface area contributed by atoms with Crippen LogP contribution in [-0.4, -0.2) is 68.5 Å². The zero-order chi connectivity index (χ0) is 32.8. The quantitative estimate of drug-likeness (QED) is 0.260. The molecular weight excluding hydrogens is 603 g/mol. The average molecular weight is 643 g/mol. The van der Waals surface area contributed by atoms with Crippen LogP contribution < -0.4 is 20.7 Å². The Morgan fingerprint density at radius 1 is 1.17 bits per heavy atom. The van der Waals surface area contributed by atoms with E-state index in [1.807, 2.05) is 37.6 Å². The summed E-state index contributed by atoms with van der Waals surface area (Å²) < 4.78 is 29.8. The van der Waals surface area contributed by atoms with Crippen molar-refractivity contribution in [3.63, 3.8) is 0 Å². The number of imidazole rings is 1. The van der Waals surface area contributed by atoms with Gasteiger partial charge in [-0.1, -0.05) is 11.6 Å². The summed E-state index contributed by atoms with van der Waals surface area (Å²) in [7, 11) is 3.49. The maximum Gasteiger partial charge on any atom is 0.274 e. The summed E-state index contributed by atoms with van der Waals surface area (Å²) in [6.45, 7) is 5.43. The summed E-state index contributed by atoms with van der Waals surface area (Å²) in [6, 6.07) is 8.46. The van der Waals surface area contributed by atoms with Crippen LogP contribution in [0.15, 0.2) is 34.9 Å². The Morgan fingerprint density at radius 3 is 2.83 bits per heavy atom. The minimum absolute atomic E-state index is 0.277. The molecule has 13 heteroatoms. The normalized spacial score (nSPS) is 20.6. The molecule has 2 bridgehead atoms. The zero-order valence-corrected chi connectivity index (χ0v) is 27.0. The van der Waals surface area contributed by atoms with Crippen molar-refractivity contribution in [2.45, 2.75) is 70.8 Å². The molecule has 5 aromatic rings. The number of hydrogen-bond acceptors (Lipinski definition) is 8. The van der Waals surface area contributed by atoms with E-state index in [1.165, 1.54) is 0 Å². The summed E-state index contributed by atoms with van der Waals surface area (Å²) in [6.07, 6.45) is 2.64. The number of nitrogens with one attached hydrogen (secondary N) is 3. The summed E-state index contributed by atoms with van der Waals surface area (Å²) in [5, 5.41) is 14.0. The van der Waals surface area contributed by atoms with Gasteiger partial charge in [-0.2, -0.15) is 0 Å². The van der Waals surface area contributed by atoms with Crippen molar-refractivity contribution in [1.82, 2.24) is 40.2 Å². The first-order valence-electron chi connectivity index (χ1n) is 16.2. The van der Waals surface area contributed by atoms with Crippen LogP contribution >= 0.6 is 0 Å². The number of benzene rings is 1. The molecule has 0 spiro atoms. The van der Waals surface area contributed by atoms with Crippen LogP contribution in [0, 0.1) is 6.92 Å². The van der Waals surface area contributed by atoms with Gasteiger partial charge in [-0.05, 0) is 76.4 Å². The first-order chi connectivity index (χ1) is 22.7.